The zero-order valence-corrected chi connectivity index (χ0v) is 19.0. The lowest BCUT2D eigenvalue weighted by Gasteiger charge is -2.21. The van der Waals surface area contributed by atoms with Crippen LogP contribution in [0.2, 0.25) is 0 Å². The maximum absolute atomic E-state index is 12.9. The molecule has 2 aromatic rings. The Bertz CT molecular complexity index is 1050. The van der Waals surface area contributed by atoms with Crippen LogP contribution in [0.5, 0.6) is 0 Å². The predicted octanol–water partition coefficient (Wildman–Crippen LogP) is 3.92. The van der Waals surface area contributed by atoms with Gasteiger partial charge < -0.3 is 20.5 Å². The van der Waals surface area contributed by atoms with Crippen molar-refractivity contribution in [2.24, 2.45) is 17.8 Å². The van der Waals surface area contributed by atoms with Crippen LogP contribution in [-0.2, 0) is 14.3 Å². The second-order valence-electron chi connectivity index (χ2n) is 9.67. The van der Waals surface area contributed by atoms with Crippen LogP contribution in [0, 0.1) is 17.8 Å². The summed E-state index contributed by atoms with van der Waals surface area (Å²) >= 11 is 0. The van der Waals surface area contributed by atoms with Crippen molar-refractivity contribution < 1.29 is 24.2 Å². The predicted molar refractivity (Wildman–Crippen MR) is 126 cm³/mol. The molecule has 1 unspecified atom stereocenters. The number of carboxylic acid groups (broad SMARTS) is 1. The summed E-state index contributed by atoms with van der Waals surface area (Å²) in [5, 5.41) is 15.0. The van der Waals surface area contributed by atoms with Gasteiger partial charge in [-0.3, -0.25) is 9.59 Å². The van der Waals surface area contributed by atoms with Crippen molar-refractivity contribution >= 4 is 18.0 Å². The second-order valence-corrected chi connectivity index (χ2v) is 9.67. The zero-order chi connectivity index (χ0) is 23.7. The highest BCUT2D eigenvalue weighted by atomic mass is 16.5. The van der Waals surface area contributed by atoms with Crippen LogP contribution >= 0.6 is 0 Å². The Morgan fingerprint density at radius 3 is 2.21 bits per heavy atom. The molecule has 0 bridgehead atoms. The maximum atomic E-state index is 12.9. The van der Waals surface area contributed by atoms with Crippen LogP contribution in [0.15, 0.2) is 48.5 Å². The molecule has 7 heteroatoms. The highest BCUT2D eigenvalue weighted by Gasteiger charge is 2.39. The molecule has 3 aliphatic carbocycles. The number of hydrogen-bond donors (Lipinski definition) is 3. The smallest absolute Gasteiger partial charge is 0.407 e. The Kier molecular flexibility index (Phi) is 6.26. The highest BCUT2D eigenvalue weighted by molar-refractivity contribution is 5.86. The molecule has 0 heterocycles. The van der Waals surface area contributed by atoms with Gasteiger partial charge in [0.1, 0.15) is 12.6 Å². The molecule has 0 aromatic heterocycles. The average molecular weight is 463 g/mol. The minimum Gasteiger partial charge on any atom is -0.481 e. The number of fused-ring (bicyclic) bond motifs is 3. The molecule has 7 nitrogen and oxygen atoms in total. The third-order valence-corrected chi connectivity index (χ3v) is 7.51. The van der Waals surface area contributed by atoms with Crippen LogP contribution in [0.4, 0.5) is 4.79 Å². The summed E-state index contributed by atoms with van der Waals surface area (Å²) < 4.78 is 5.62. The third kappa shape index (κ3) is 4.52. The van der Waals surface area contributed by atoms with E-state index < -0.39 is 24.0 Å². The quantitative estimate of drug-likeness (QED) is 0.552. The van der Waals surface area contributed by atoms with E-state index in [4.69, 9.17) is 4.74 Å². The molecule has 3 aliphatic rings. The topological polar surface area (TPSA) is 105 Å². The molecule has 178 valence electrons. The standard InChI is InChI=1S/C27H30N2O5/c30-25(28-14-17-6-5-11-18(17)26(31)32)24(16-12-13-16)29-27(33)34-15-23-21-9-3-1-7-19(21)20-8-2-4-10-22(20)23/h1-4,7-10,16-18,23-24H,5-6,11-15H2,(H,28,30)(H,29,33)(H,31,32)/t17-,18-,24?/m0/s1. The summed E-state index contributed by atoms with van der Waals surface area (Å²) in [6, 6.07) is 15.6. The van der Waals surface area contributed by atoms with Crippen LogP contribution in [0.25, 0.3) is 11.1 Å². The summed E-state index contributed by atoms with van der Waals surface area (Å²) in [5.74, 6) is -1.47. The maximum Gasteiger partial charge on any atom is 0.407 e. The van der Waals surface area contributed by atoms with Gasteiger partial charge in [0.2, 0.25) is 5.91 Å². The largest absolute Gasteiger partial charge is 0.481 e. The Morgan fingerprint density at radius 1 is 0.941 bits per heavy atom. The van der Waals surface area contributed by atoms with Gasteiger partial charge in [-0.05, 0) is 59.8 Å². The summed E-state index contributed by atoms with van der Waals surface area (Å²) in [7, 11) is 0. The zero-order valence-electron chi connectivity index (χ0n) is 19.0. The summed E-state index contributed by atoms with van der Waals surface area (Å²) in [4.78, 5) is 36.9. The average Bonchev–Trinajstić information content (AvgIpc) is 3.48. The Hall–Kier alpha value is -3.35. The first-order valence-electron chi connectivity index (χ1n) is 12.1. The lowest BCUT2D eigenvalue weighted by Crippen LogP contribution is -2.49. The number of aliphatic carboxylic acids is 1. The molecule has 2 aromatic carbocycles. The summed E-state index contributed by atoms with van der Waals surface area (Å²) in [5.41, 5.74) is 4.60. The molecule has 0 aliphatic heterocycles. The van der Waals surface area contributed by atoms with E-state index in [1.54, 1.807) is 0 Å². The van der Waals surface area contributed by atoms with Gasteiger partial charge in [0.15, 0.2) is 0 Å². The minimum absolute atomic E-state index is 0.0401. The summed E-state index contributed by atoms with van der Waals surface area (Å²) in [6.07, 6.45) is 3.47. The van der Waals surface area contributed by atoms with E-state index in [1.807, 2.05) is 24.3 Å². The van der Waals surface area contributed by atoms with E-state index in [0.717, 1.165) is 47.9 Å². The SMILES string of the molecule is O=C(NC(C(=O)NC[C@@H]1CCC[C@@H]1C(=O)O)C1CC1)OCC1c2ccccc2-c2ccccc21. The Balaban J connectivity index is 1.18. The Morgan fingerprint density at radius 2 is 1.59 bits per heavy atom. The molecule has 5 rings (SSSR count). The van der Waals surface area contributed by atoms with Crippen molar-refractivity contribution in [2.45, 2.75) is 44.1 Å². The number of rotatable bonds is 8. The second kappa shape index (κ2) is 9.49. The van der Waals surface area contributed by atoms with Gasteiger partial charge in [-0.15, -0.1) is 0 Å². The Labute approximate surface area is 198 Å². The lowest BCUT2D eigenvalue weighted by molar-refractivity contribution is -0.143. The van der Waals surface area contributed by atoms with E-state index in [2.05, 4.69) is 34.9 Å². The molecule has 3 atom stereocenters. The molecule has 0 spiro atoms. The monoisotopic (exact) mass is 462 g/mol. The fourth-order valence-electron chi connectivity index (χ4n) is 5.54. The molecule has 2 saturated carbocycles. The van der Waals surface area contributed by atoms with Gasteiger partial charge in [0.25, 0.3) is 0 Å². The number of alkyl carbamates (subject to hydrolysis) is 1. The van der Waals surface area contributed by atoms with Crippen LogP contribution in [-0.4, -0.2) is 42.3 Å². The first-order valence-corrected chi connectivity index (χ1v) is 12.1. The normalized spacial score (nSPS) is 21.9. The van der Waals surface area contributed by atoms with E-state index in [1.165, 1.54) is 0 Å². The minimum atomic E-state index is -0.799. The van der Waals surface area contributed by atoms with Crippen LogP contribution in [0.1, 0.15) is 49.1 Å². The number of amides is 2. The molecular weight excluding hydrogens is 432 g/mol. The van der Waals surface area contributed by atoms with Crippen LogP contribution in [0.3, 0.4) is 0 Å². The first-order chi connectivity index (χ1) is 16.5. The van der Waals surface area contributed by atoms with Crippen LogP contribution < -0.4 is 10.6 Å². The van der Waals surface area contributed by atoms with Crippen molar-refractivity contribution in [3.05, 3.63) is 59.7 Å². The van der Waals surface area contributed by atoms with E-state index in [-0.39, 0.29) is 30.3 Å². The fraction of sp³-hybridized carbons (Fsp3) is 0.444. The number of carbonyl (C=O) groups is 3. The van der Waals surface area contributed by atoms with Crippen molar-refractivity contribution in [1.82, 2.24) is 10.6 Å². The van der Waals surface area contributed by atoms with E-state index >= 15 is 0 Å². The molecule has 3 N–H and O–H groups in total. The number of hydrogen-bond acceptors (Lipinski definition) is 4. The van der Waals surface area contributed by atoms with Gasteiger partial charge in [-0.25, -0.2) is 4.79 Å². The third-order valence-electron chi connectivity index (χ3n) is 7.51. The number of nitrogens with one attached hydrogen (secondary N) is 2. The van der Waals surface area contributed by atoms with Crippen molar-refractivity contribution in [2.75, 3.05) is 13.2 Å². The number of ether oxygens (including phenoxy) is 1. The van der Waals surface area contributed by atoms with E-state index in [0.29, 0.717) is 13.0 Å². The van der Waals surface area contributed by atoms with Crippen molar-refractivity contribution in [3.63, 3.8) is 0 Å². The number of carbonyl (C=O) groups excluding carboxylic acids is 2. The molecule has 2 amide bonds. The molecule has 34 heavy (non-hydrogen) atoms. The van der Waals surface area contributed by atoms with Gasteiger partial charge in [0.05, 0.1) is 5.92 Å². The molecule has 0 radical (unpaired) electrons. The van der Waals surface area contributed by atoms with Crippen molar-refractivity contribution in [3.8, 4) is 11.1 Å². The number of carboxylic acids is 1. The van der Waals surface area contributed by atoms with Crippen molar-refractivity contribution in [1.29, 1.82) is 0 Å². The van der Waals surface area contributed by atoms with Gasteiger partial charge in [0, 0.05) is 12.5 Å². The lowest BCUT2D eigenvalue weighted by atomic mass is 9.96. The van der Waals surface area contributed by atoms with Gasteiger partial charge in [-0.1, -0.05) is 55.0 Å². The summed E-state index contributed by atoms with van der Waals surface area (Å²) in [6.45, 7) is 0.520. The van der Waals surface area contributed by atoms with E-state index in [9.17, 15) is 19.5 Å². The first kappa shape index (κ1) is 22.4. The molecule has 2 fully saturated rings. The molecule has 0 saturated heterocycles. The number of benzene rings is 2. The van der Waals surface area contributed by atoms with Gasteiger partial charge in [-0.2, -0.15) is 0 Å². The molecular formula is C27H30N2O5. The van der Waals surface area contributed by atoms with Gasteiger partial charge >= 0.3 is 12.1 Å². The highest BCUT2D eigenvalue weighted by Crippen LogP contribution is 2.44. The fourth-order valence-corrected chi connectivity index (χ4v) is 5.54.